The third kappa shape index (κ3) is 8.10. The Hall–Kier alpha value is -3.80. The average molecular weight is 503 g/mol. The molecular formula is C31H38N2O4. The lowest BCUT2D eigenvalue weighted by Crippen LogP contribution is -2.52. The van der Waals surface area contributed by atoms with Gasteiger partial charge in [-0.15, -0.1) is 0 Å². The van der Waals surface area contributed by atoms with Crippen LogP contribution in [0, 0.1) is 0 Å². The number of amides is 2. The predicted octanol–water partition coefficient (Wildman–Crippen LogP) is 5.19. The monoisotopic (exact) mass is 502 g/mol. The molecule has 0 aliphatic rings. The fourth-order valence-corrected chi connectivity index (χ4v) is 4.21. The Morgan fingerprint density at radius 1 is 0.838 bits per heavy atom. The van der Waals surface area contributed by atoms with Crippen LogP contribution in [0.4, 0.5) is 0 Å². The van der Waals surface area contributed by atoms with Gasteiger partial charge < -0.3 is 19.7 Å². The Morgan fingerprint density at radius 2 is 1.46 bits per heavy atom. The number of nitrogens with zero attached hydrogens (tertiary/aromatic N) is 1. The molecule has 2 atom stereocenters. The van der Waals surface area contributed by atoms with Crippen LogP contribution in [0.2, 0.25) is 0 Å². The Labute approximate surface area is 220 Å². The molecule has 0 spiro atoms. The average Bonchev–Trinajstić information content (AvgIpc) is 2.94. The minimum Gasteiger partial charge on any atom is -0.493 e. The largest absolute Gasteiger partial charge is 0.493 e. The molecule has 0 aliphatic carbocycles. The fraction of sp³-hybridized carbons (Fsp3) is 0.355. The molecule has 196 valence electrons. The number of carbonyl (C=O) groups is 2. The zero-order valence-electron chi connectivity index (χ0n) is 22.3. The van der Waals surface area contributed by atoms with Gasteiger partial charge in [-0.2, -0.15) is 0 Å². The van der Waals surface area contributed by atoms with Crippen molar-refractivity contribution in [2.45, 2.75) is 58.2 Å². The van der Waals surface area contributed by atoms with Crippen LogP contribution in [-0.4, -0.2) is 43.0 Å². The normalized spacial score (nSPS) is 12.3. The molecule has 0 fully saturated rings. The van der Waals surface area contributed by atoms with E-state index in [0.717, 1.165) is 23.1 Å². The molecule has 0 saturated carbocycles. The lowest BCUT2D eigenvalue weighted by Gasteiger charge is -2.32. The lowest BCUT2D eigenvalue weighted by atomic mass is 10.0. The summed E-state index contributed by atoms with van der Waals surface area (Å²) in [6.07, 6.45) is 2.05. The lowest BCUT2D eigenvalue weighted by molar-refractivity contribution is -0.141. The highest BCUT2D eigenvalue weighted by atomic mass is 16.5. The summed E-state index contributed by atoms with van der Waals surface area (Å²) < 4.78 is 10.8. The summed E-state index contributed by atoms with van der Waals surface area (Å²) in [4.78, 5) is 29.1. The van der Waals surface area contributed by atoms with Crippen molar-refractivity contribution in [3.8, 4) is 11.5 Å². The number of aryl methyl sites for hydroxylation is 1. The summed E-state index contributed by atoms with van der Waals surface area (Å²) in [6, 6.07) is 24.8. The van der Waals surface area contributed by atoms with Gasteiger partial charge in [-0.3, -0.25) is 9.59 Å². The van der Waals surface area contributed by atoms with Crippen LogP contribution in [-0.2, 0) is 29.0 Å². The van der Waals surface area contributed by atoms with Crippen molar-refractivity contribution in [2.24, 2.45) is 0 Å². The van der Waals surface area contributed by atoms with E-state index < -0.39 is 6.04 Å². The van der Waals surface area contributed by atoms with Gasteiger partial charge in [0.1, 0.15) is 6.04 Å². The van der Waals surface area contributed by atoms with E-state index in [1.807, 2.05) is 92.7 Å². The van der Waals surface area contributed by atoms with Crippen molar-refractivity contribution in [1.29, 1.82) is 0 Å². The summed E-state index contributed by atoms with van der Waals surface area (Å²) >= 11 is 0. The van der Waals surface area contributed by atoms with Gasteiger partial charge in [-0.25, -0.2) is 0 Å². The van der Waals surface area contributed by atoms with Crippen molar-refractivity contribution in [3.63, 3.8) is 0 Å². The van der Waals surface area contributed by atoms with Crippen LogP contribution in [0.25, 0.3) is 0 Å². The molecule has 0 aliphatic heterocycles. The molecule has 3 aromatic carbocycles. The first-order chi connectivity index (χ1) is 17.9. The smallest absolute Gasteiger partial charge is 0.243 e. The molecule has 0 unspecified atom stereocenters. The number of methoxy groups -OCH3 is 2. The van der Waals surface area contributed by atoms with Crippen molar-refractivity contribution in [3.05, 3.63) is 95.6 Å². The van der Waals surface area contributed by atoms with Gasteiger partial charge in [0.25, 0.3) is 0 Å². The molecule has 2 amide bonds. The van der Waals surface area contributed by atoms with E-state index >= 15 is 0 Å². The molecule has 1 N–H and O–H groups in total. The van der Waals surface area contributed by atoms with E-state index in [-0.39, 0.29) is 24.3 Å². The van der Waals surface area contributed by atoms with Crippen LogP contribution >= 0.6 is 0 Å². The number of benzene rings is 3. The molecule has 6 heteroatoms. The van der Waals surface area contributed by atoms with E-state index in [1.165, 1.54) is 0 Å². The van der Waals surface area contributed by atoms with Gasteiger partial charge in [-0.1, -0.05) is 73.7 Å². The molecule has 3 aromatic rings. The molecule has 0 saturated heterocycles. The Balaban J connectivity index is 1.89. The number of hydrogen-bond donors (Lipinski definition) is 1. The molecule has 3 rings (SSSR count). The summed E-state index contributed by atoms with van der Waals surface area (Å²) in [6.45, 7) is 4.38. The Kier molecular flexibility index (Phi) is 10.6. The Morgan fingerprint density at radius 3 is 2.05 bits per heavy atom. The summed E-state index contributed by atoms with van der Waals surface area (Å²) in [5.74, 6) is 1.07. The zero-order chi connectivity index (χ0) is 26.6. The highest BCUT2D eigenvalue weighted by molar-refractivity contribution is 5.88. The van der Waals surface area contributed by atoms with E-state index in [0.29, 0.717) is 30.9 Å². The summed E-state index contributed by atoms with van der Waals surface area (Å²) in [5, 5.41) is 3.11. The number of rotatable bonds is 13. The van der Waals surface area contributed by atoms with Gasteiger partial charge in [-0.05, 0) is 48.6 Å². The quantitative estimate of drug-likeness (QED) is 0.349. The maximum atomic E-state index is 13.8. The standard InChI is InChI=1S/C31H38N2O4/c1-5-23(2)32-31(35)27(20-24-12-8-6-9-13-24)33(22-26-14-10-7-11-15-26)30(34)19-17-25-16-18-28(36-3)29(21-25)37-4/h6-16,18,21,23,27H,5,17,19-20,22H2,1-4H3,(H,32,35)/t23-,27+/m1/s1. The molecule has 37 heavy (non-hydrogen) atoms. The third-order valence-electron chi connectivity index (χ3n) is 6.54. The van der Waals surface area contributed by atoms with Gasteiger partial charge in [0.05, 0.1) is 14.2 Å². The van der Waals surface area contributed by atoms with Crippen molar-refractivity contribution in [2.75, 3.05) is 14.2 Å². The van der Waals surface area contributed by atoms with Crippen LogP contribution in [0.1, 0.15) is 43.4 Å². The van der Waals surface area contributed by atoms with Crippen LogP contribution in [0.3, 0.4) is 0 Å². The summed E-state index contributed by atoms with van der Waals surface area (Å²) in [7, 11) is 3.19. The number of ether oxygens (including phenoxy) is 2. The Bertz CT molecular complexity index is 1130. The van der Waals surface area contributed by atoms with Crippen molar-refractivity contribution in [1.82, 2.24) is 10.2 Å². The minimum absolute atomic E-state index is 0.0196. The zero-order valence-corrected chi connectivity index (χ0v) is 22.3. The predicted molar refractivity (Wildman–Crippen MR) is 147 cm³/mol. The number of hydrogen-bond acceptors (Lipinski definition) is 4. The molecule has 0 heterocycles. The number of nitrogens with one attached hydrogen (secondary N) is 1. The molecular weight excluding hydrogens is 464 g/mol. The molecule has 6 nitrogen and oxygen atoms in total. The maximum Gasteiger partial charge on any atom is 0.243 e. The topological polar surface area (TPSA) is 67.9 Å². The van der Waals surface area contributed by atoms with E-state index in [4.69, 9.17) is 9.47 Å². The first kappa shape index (κ1) is 27.8. The van der Waals surface area contributed by atoms with E-state index in [1.54, 1.807) is 19.1 Å². The third-order valence-corrected chi connectivity index (χ3v) is 6.54. The van der Waals surface area contributed by atoms with Gasteiger partial charge in [0, 0.05) is 25.4 Å². The van der Waals surface area contributed by atoms with Gasteiger partial charge in [0.2, 0.25) is 11.8 Å². The second-order valence-electron chi connectivity index (χ2n) is 9.22. The first-order valence-corrected chi connectivity index (χ1v) is 12.8. The van der Waals surface area contributed by atoms with Crippen molar-refractivity contribution < 1.29 is 19.1 Å². The molecule has 0 radical (unpaired) electrons. The van der Waals surface area contributed by atoms with Crippen LogP contribution in [0.15, 0.2) is 78.9 Å². The van der Waals surface area contributed by atoms with E-state index in [9.17, 15) is 9.59 Å². The van der Waals surface area contributed by atoms with Gasteiger partial charge in [0.15, 0.2) is 11.5 Å². The van der Waals surface area contributed by atoms with Crippen molar-refractivity contribution >= 4 is 11.8 Å². The van der Waals surface area contributed by atoms with E-state index in [2.05, 4.69) is 5.32 Å². The molecule has 0 bridgehead atoms. The fourth-order valence-electron chi connectivity index (χ4n) is 4.21. The SMILES string of the molecule is CC[C@@H](C)NC(=O)[C@H](Cc1ccccc1)N(Cc1ccccc1)C(=O)CCc1ccc(OC)c(OC)c1. The number of carbonyl (C=O) groups excluding carboxylic acids is 2. The minimum atomic E-state index is -0.630. The second-order valence-corrected chi connectivity index (χ2v) is 9.22. The van der Waals surface area contributed by atoms with Gasteiger partial charge >= 0.3 is 0 Å². The first-order valence-electron chi connectivity index (χ1n) is 12.8. The molecule has 0 aromatic heterocycles. The van der Waals surface area contributed by atoms with Crippen LogP contribution in [0.5, 0.6) is 11.5 Å². The second kappa shape index (κ2) is 14.1. The maximum absolute atomic E-state index is 13.8. The highest BCUT2D eigenvalue weighted by Crippen LogP contribution is 2.28. The highest BCUT2D eigenvalue weighted by Gasteiger charge is 2.30. The van der Waals surface area contributed by atoms with Crippen LogP contribution < -0.4 is 14.8 Å². The summed E-state index contributed by atoms with van der Waals surface area (Å²) in [5.41, 5.74) is 2.96.